The first-order valence-corrected chi connectivity index (χ1v) is 4.40. The third-order valence-corrected chi connectivity index (χ3v) is 2.30. The number of nitrogens with one attached hydrogen (secondary N) is 1. The standard InChI is InChI=1S/C10H11NO3/c1-14-9-5-7-6(4-8(9)12)2-3-10(13)11-7/h4-5,12H,2-3H2,1H3,(H,11,13). The average Bonchev–Trinajstić information content (AvgIpc) is 2.17. The molecule has 0 aromatic heterocycles. The number of carbonyl (C=O) groups is 1. The lowest BCUT2D eigenvalue weighted by atomic mass is 10.0. The van der Waals surface area contributed by atoms with Crippen LogP contribution in [-0.2, 0) is 11.2 Å². The van der Waals surface area contributed by atoms with Crippen LogP contribution in [0.15, 0.2) is 12.1 Å². The Labute approximate surface area is 81.5 Å². The molecule has 0 fully saturated rings. The van der Waals surface area contributed by atoms with E-state index in [1.54, 1.807) is 12.1 Å². The molecule has 2 N–H and O–H groups in total. The molecule has 14 heavy (non-hydrogen) atoms. The fraction of sp³-hybridized carbons (Fsp3) is 0.300. The van der Waals surface area contributed by atoms with E-state index in [1.165, 1.54) is 7.11 Å². The molecule has 0 radical (unpaired) electrons. The number of rotatable bonds is 1. The summed E-state index contributed by atoms with van der Waals surface area (Å²) in [7, 11) is 1.48. The molecule has 0 bridgehead atoms. The smallest absolute Gasteiger partial charge is 0.224 e. The first kappa shape index (κ1) is 8.87. The van der Waals surface area contributed by atoms with Gasteiger partial charge in [0, 0.05) is 18.2 Å². The summed E-state index contributed by atoms with van der Waals surface area (Å²) in [6.45, 7) is 0. The summed E-state index contributed by atoms with van der Waals surface area (Å²) < 4.78 is 4.94. The van der Waals surface area contributed by atoms with Gasteiger partial charge in [-0.15, -0.1) is 0 Å². The van der Waals surface area contributed by atoms with Crippen LogP contribution >= 0.6 is 0 Å². The van der Waals surface area contributed by atoms with Crippen molar-refractivity contribution >= 4 is 11.6 Å². The molecule has 0 aliphatic carbocycles. The van der Waals surface area contributed by atoms with Crippen molar-refractivity contribution in [2.75, 3.05) is 12.4 Å². The third-order valence-electron chi connectivity index (χ3n) is 2.30. The topological polar surface area (TPSA) is 58.6 Å². The Morgan fingerprint density at radius 3 is 2.93 bits per heavy atom. The SMILES string of the molecule is COc1cc2c(cc1O)CCC(=O)N2. The van der Waals surface area contributed by atoms with E-state index in [2.05, 4.69) is 5.32 Å². The van der Waals surface area contributed by atoms with Crippen LogP contribution < -0.4 is 10.1 Å². The molecule has 1 aromatic rings. The number of carbonyl (C=O) groups excluding carboxylic acids is 1. The van der Waals surface area contributed by atoms with Gasteiger partial charge in [-0.2, -0.15) is 0 Å². The molecule has 1 amide bonds. The van der Waals surface area contributed by atoms with E-state index in [9.17, 15) is 9.90 Å². The molecule has 2 rings (SSSR count). The van der Waals surface area contributed by atoms with E-state index in [0.29, 0.717) is 18.6 Å². The van der Waals surface area contributed by atoms with Crippen molar-refractivity contribution in [2.45, 2.75) is 12.8 Å². The van der Waals surface area contributed by atoms with Gasteiger partial charge < -0.3 is 15.2 Å². The van der Waals surface area contributed by atoms with Crippen molar-refractivity contribution in [1.29, 1.82) is 0 Å². The molecule has 1 heterocycles. The Morgan fingerprint density at radius 1 is 1.43 bits per heavy atom. The lowest BCUT2D eigenvalue weighted by molar-refractivity contribution is -0.116. The van der Waals surface area contributed by atoms with Crippen molar-refractivity contribution < 1.29 is 14.6 Å². The van der Waals surface area contributed by atoms with Crippen LogP contribution in [0.2, 0.25) is 0 Å². The van der Waals surface area contributed by atoms with E-state index < -0.39 is 0 Å². The Kier molecular flexibility index (Phi) is 2.04. The Balaban J connectivity index is 2.46. The van der Waals surface area contributed by atoms with Gasteiger partial charge in [0.05, 0.1) is 7.11 Å². The van der Waals surface area contributed by atoms with E-state index in [4.69, 9.17) is 4.74 Å². The Morgan fingerprint density at radius 2 is 2.21 bits per heavy atom. The van der Waals surface area contributed by atoms with Crippen LogP contribution in [0.1, 0.15) is 12.0 Å². The number of ether oxygens (including phenoxy) is 1. The molecule has 1 aromatic carbocycles. The van der Waals surface area contributed by atoms with Gasteiger partial charge in [0.2, 0.25) is 5.91 Å². The molecule has 0 atom stereocenters. The van der Waals surface area contributed by atoms with Crippen LogP contribution in [0.4, 0.5) is 5.69 Å². The van der Waals surface area contributed by atoms with Gasteiger partial charge in [-0.3, -0.25) is 4.79 Å². The van der Waals surface area contributed by atoms with Crippen LogP contribution in [-0.4, -0.2) is 18.1 Å². The van der Waals surface area contributed by atoms with Crippen LogP contribution in [0, 0.1) is 0 Å². The molecule has 4 nitrogen and oxygen atoms in total. The fourth-order valence-corrected chi connectivity index (χ4v) is 1.56. The number of fused-ring (bicyclic) bond motifs is 1. The first-order valence-electron chi connectivity index (χ1n) is 4.40. The third kappa shape index (κ3) is 1.39. The maximum absolute atomic E-state index is 11.1. The van der Waals surface area contributed by atoms with Crippen molar-refractivity contribution in [3.8, 4) is 11.5 Å². The normalized spacial score (nSPS) is 14.5. The molecule has 0 saturated carbocycles. The molecule has 74 valence electrons. The summed E-state index contributed by atoms with van der Waals surface area (Å²) in [6, 6.07) is 3.27. The minimum Gasteiger partial charge on any atom is -0.504 e. The molecule has 0 unspecified atom stereocenters. The minimum absolute atomic E-state index is 0.00485. The number of methoxy groups -OCH3 is 1. The van der Waals surface area contributed by atoms with Crippen molar-refractivity contribution in [1.82, 2.24) is 0 Å². The molecular weight excluding hydrogens is 182 g/mol. The van der Waals surface area contributed by atoms with Gasteiger partial charge in [0.15, 0.2) is 11.5 Å². The van der Waals surface area contributed by atoms with Crippen LogP contribution in [0.3, 0.4) is 0 Å². The van der Waals surface area contributed by atoms with Gasteiger partial charge in [-0.25, -0.2) is 0 Å². The summed E-state index contributed by atoms with van der Waals surface area (Å²) in [6.07, 6.45) is 1.14. The highest BCUT2D eigenvalue weighted by atomic mass is 16.5. The highest BCUT2D eigenvalue weighted by Gasteiger charge is 2.17. The van der Waals surface area contributed by atoms with Gasteiger partial charge in [0.25, 0.3) is 0 Å². The molecule has 4 heteroatoms. The zero-order valence-corrected chi connectivity index (χ0v) is 7.83. The minimum atomic E-state index is 0.00485. The van der Waals surface area contributed by atoms with Crippen molar-refractivity contribution in [3.05, 3.63) is 17.7 Å². The van der Waals surface area contributed by atoms with Crippen LogP contribution in [0.25, 0.3) is 0 Å². The number of aromatic hydroxyl groups is 1. The Hall–Kier alpha value is -1.71. The second-order valence-corrected chi connectivity index (χ2v) is 3.23. The number of amides is 1. The monoisotopic (exact) mass is 193 g/mol. The lowest BCUT2D eigenvalue weighted by Crippen LogP contribution is -2.18. The zero-order valence-electron chi connectivity index (χ0n) is 7.83. The van der Waals surface area contributed by atoms with Crippen LogP contribution in [0.5, 0.6) is 11.5 Å². The average molecular weight is 193 g/mol. The predicted octanol–water partition coefficient (Wildman–Crippen LogP) is 1.29. The van der Waals surface area contributed by atoms with Crippen molar-refractivity contribution in [3.63, 3.8) is 0 Å². The number of hydrogen-bond donors (Lipinski definition) is 2. The summed E-state index contributed by atoms with van der Waals surface area (Å²) in [5.74, 6) is 0.499. The largest absolute Gasteiger partial charge is 0.504 e. The maximum atomic E-state index is 11.1. The highest BCUT2D eigenvalue weighted by Crippen LogP contribution is 2.34. The molecule has 0 spiro atoms. The highest BCUT2D eigenvalue weighted by molar-refractivity contribution is 5.94. The molecule has 0 saturated heterocycles. The van der Waals surface area contributed by atoms with Crippen molar-refractivity contribution in [2.24, 2.45) is 0 Å². The molecule has 1 aliphatic heterocycles. The second-order valence-electron chi connectivity index (χ2n) is 3.23. The first-order chi connectivity index (χ1) is 6.70. The van der Waals surface area contributed by atoms with E-state index >= 15 is 0 Å². The summed E-state index contributed by atoms with van der Waals surface area (Å²) in [4.78, 5) is 11.1. The number of phenols is 1. The number of anilines is 1. The van der Waals surface area contributed by atoms with E-state index in [1.807, 2.05) is 0 Å². The summed E-state index contributed by atoms with van der Waals surface area (Å²) in [5, 5.41) is 12.2. The second kappa shape index (κ2) is 3.21. The number of hydrogen-bond acceptors (Lipinski definition) is 3. The van der Waals surface area contributed by atoms with Gasteiger partial charge in [-0.05, 0) is 18.1 Å². The van der Waals surface area contributed by atoms with E-state index in [0.717, 1.165) is 11.3 Å². The predicted molar refractivity (Wildman–Crippen MR) is 51.6 cm³/mol. The number of phenolic OH excluding ortho intramolecular Hbond substituents is 1. The van der Waals surface area contributed by atoms with Gasteiger partial charge in [0.1, 0.15) is 0 Å². The number of aryl methyl sites for hydroxylation is 1. The van der Waals surface area contributed by atoms with Gasteiger partial charge >= 0.3 is 0 Å². The van der Waals surface area contributed by atoms with E-state index in [-0.39, 0.29) is 11.7 Å². The summed E-state index contributed by atoms with van der Waals surface area (Å²) >= 11 is 0. The quantitative estimate of drug-likeness (QED) is 0.660. The molecule has 1 aliphatic rings. The Bertz CT molecular complexity index is 387. The zero-order chi connectivity index (χ0) is 10.1. The fourth-order valence-electron chi connectivity index (χ4n) is 1.56. The van der Waals surface area contributed by atoms with Gasteiger partial charge in [-0.1, -0.05) is 0 Å². The summed E-state index contributed by atoms with van der Waals surface area (Å²) in [5.41, 5.74) is 1.68. The maximum Gasteiger partial charge on any atom is 0.224 e. The lowest BCUT2D eigenvalue weighted by Gasteiger charge is -2.18. The molecular formula is C10H11NO3. The number of benzene rings is 1.